The summed E-state index contributed by atoms with van der Waals surface area (Å²) < 4.78 is 32.5. The molecule has 0 fully saturated rings. The number of H-pyrrole nitrogens is 1. The van der Waals surface area contributed by atoms with E-state index in [0.29, 0.717) is 12.3 Å². The SMILES string of the molecule is CC(C)c1ccc(CCN(Cc2n[nH]c(=O)o2)S(=O)(=O)c2cc(C#N)ccc2O)cc1. The highest BCUT2D eigenvalue weighted by atomic mass is 32.2. The van der Waals surface area contributed by atoms with Gasteiger partial charge in [0.15, 0.2) is 0 Å². The van der Waals surface area contributed by atoms with Crippen LogP contribution in [0.3, 0.4) is 0 Å². The molecule has 3 aromatic rings. The van der Waals surface area contributed by atoms with Gasteiger partial charge in [0.25, 0.3) is 0 Å². The second kappa shape index (κ2) is 9.16. The summed E-state index contributed by atoms with van der Waals surface area (Å²) in [7, 11) is -4.23. The number of nitriles is 1. The fourth-order valence-corrected chi connectivity index (χ4v) is 4.51. The number of benzene rings is 2. The van der Waals surface area contributed by atoms with Crippen LogP contribution in [0.4, 0.5) is 0 Å². The van der Waals surface area contributed by atoms with E-state index in [1.807, 2.05) is 30.3 Å². The molecule has 162 valence electrons. The van der Waals surface area contributed by atoms with Crippen LogP contribution in [0, 0.1) is 11.3 Å². The maximum absolute atomic E-state index is 13.3. The zero-order valence-corrected chi connectivity index (χ0v) is 17.9. The lowest BCUT2D eigenvalue weighted by Crippen LogP contribution is -2.33. The summed E-state index contributed by atoms with van der Waals surface area (Å²) >= 11 is 0. The average Bonchev–Trinajstić information content (AvgIpc) is 3.16. The maximum atomic E-state index is 13.3. The van der Waals surface area contributed by atoms with Crippen LogP contribution in [-0.4, -0.2) is 34.6 Å². The van der Waals surface area contributed by atoms with Gasteiger partial charge in [0.05, 0.1) is 18.2 Å². The van der Waals surface area contributed by atoms with Crippen molar-refractivity contribution in [3.8, 4) is 11.8 Å². The van der Waals surface area contributed by atoms with Crippen LogP contribution in [0.15, 0.2) is 56.6 Å². The Morgan fingerprint density at radius 3 is 2.52 bits per heavy atom. The van der Waals surface area contributed by atoms with Crippen molar-refractivity contribution in [2.24, 2.45) is 0 Å². The molecule has 2 N–H and O–H groups in total. The van der Waals surface area contributed by atoms with Crippen LogP contribution in [-0.2, 0) is 23.0 Å². The number of aromatic hydroxyl groups is 1. The van der Waals surface area contributed by atoms with Crippen molar-refractivity contribution in [2.75, 3.05) is 6.54 Å². The minimum absolute atomic E-state index is 0.0378. The summed E-state index contributed by atoms with van der Waals surface area (Å²) in [4.78, 5) is 10.9. The molecule has 0 aliphatic heterocycles. The van der Waals surface area contributed by atoms with Gasteiger partial charge in [0.1, 0.15) is 10.6 Å². The molecule has 0 amide bonds. The topological polar surface area (TPSA) is 140 Å². The quantitative estimate of drug-likeness (QED) is 0.546. The second-order valence-electron chi connectivity index (χ2n) is 7.29. The van der Waals surface area contributed by atoms with Gasteiger partial charge >= 0.3 is 5.76 Å². The molecule has 1 heterocycles. The summed E-state index contributed by atoms with van der Waals surface area (Å²) in [6, 6.07) is 13.3. The van der Waals surface area contributed by atoms with Crippen molar-refractivity contribution in [1.82, 2.24) is 14.5 Å². The first-order valence-electron chi connectivity index (χ1n) is 9.57. The number of aromatic amines is 1. The Morgan fingerprint density at radius 1 is 1.23 bits per heavy atom. The van der Waals surface area contributed by atoms with E-state index in [9.17, 15) is 18.3 Å². The number of aromatic nitrogens is 2. The molecule has 0 aliphatic rings. The molecule has 0 bridgehead atoms. The van der Waals surface area contributed by atoms with E-state index < -0.39 is 26.4 Å². The number of sulfonamides is 1. The summed E-state index contributed by atoms with van der Waals surface area (Å²) in [6.07, 6.45) is 0.380. The van der Waals surface area contributed by atoms with Crippen LogP contribution in [0.1, 0.15) is 42.3 Å². The first kappa shape index (κ1) is 22.3. The van der Waals surface area contributed by atoms with Gasteiger partial charge in [-0.1, -0.05) is 38.1 Å². The molecule has 9 nitrogen and oxygen atoms in total. The molecular formula is C21H22N4O5S. The van der Waals surface area contributed by atoms with Gasteiger partial charge in [-0.25, -0.2) is 18.3 Å². The highest BCUT2D eigenvalue weighted by molar-refractivity contribution is 7.89. The highest BCUT2D eigenvalue weighted by Crippen LogP contribution is 2.28. The molecule has 0 spiro atoms. The molecule has 0 unspecified atom stereocenters. The Bertz CT molecular complexity index is 1250. The van der Waals surface area contributed by atoms with E-state index in [1.165, 1.54) is 11.6 Å². The molecule has 0 radical (unpaired) electrons. The molecular weight excluding hydrogens is 420 g/mol. The van der Waals surface area contributed by atoms with Gasteiger partial charge in [-0.2, -0.15) is 9.57 Å². The lowest BCUT2D eigenvalue weighted by Gasteiger charge is -2.21. The zero-order chi connectivity index (χ0) is 22.6. The minimum Gasteiger partial charge on any atom is -0.507 e. The number of phenols is 1. The highest BCUT2D eigenvalue weighted by Gasteiger charge is 2.29. The van der Waals surface area contributed by atoms with Crippen LogP contribution in [0.5, 0.6) is 5.75 Å². The summed E-state index contributed by atoms with van der Waals surface area (Å²) in [5.41, 5.74) is 2.18. The third kappa shape index (κ3) is 5.20. The van der Waals surface area contributed by atoms with Crippen molar-refractivity contribution in [1.29, 1.82) is 5.26 Å². The summed E-state index contributed by atoms with van der Waals surface area (Å²) in [5, 5.41) is 25.0. The van der Waals surface area contributed by atoms with Crippen LogP contribution < -0.4 is 5.76 Å². The van der Waals surface area contributed by atoms with Gasteiger partial charge in [0, 0.05) is 6.54 Å². The monoisotopic (exact) mass is 442 g/mol. The van der Waals surface area contributed by atoms with Crippen LogP contribution in [0.2, 0.25) is 0 Å². The summed E-state index contributed by atoms with van der Waals surface area (Å²) in [5.74, 6) is -1.01. The Morgan fingerprint density at radius 2 is 1.94 bits per heavy atom. The van der Waals surface area contributed by atoms with Crippen LogP contribution >= 0.6 is 0 Å². The normalized spacial score (nSPS) is 11.7. The Balaban J connectivity index is 1.92. The number of nitrogens with zero attached hydrogens (tertiary/aromatic N) is 3. The molecule has 0 atom stereocenters. The predicted molar refractivity (Wildman–Crippen MR) is 112 cm³/mol. The molecule has 2 aromatic carbocycles. The van der Waals surface area contributed by atoms with Gasteiger partial charge < -0.3 is 9.52 Å². The van der Waals surface area contributed by atoms with Crippen molar-refractivity contribution in [2.45, 2.75) is 37.6 Å². The fourth-order valence-electron chi connectivity index (χ4n) is 3.02. The lowest BCUT2D eigenvalue weighted by molar-refractivity contribution is 0.348. The molecule has 10 heteroatoms. The van der Waals surface area contributed by atoms with Gasteiger partial charge in [0.2, 0.25) is 15.9 Å². The van der Waals surface area contributed by atoms with E-state index in [1.54, 1.807) is 0 Å². The molecule has 0 saturated carbocycles. The third-order valence-corrected chi connectivity index (χ3v) is 6.67. The van der Waals surface area contributed by atoms with Crippen molar-refractivity contribution >= 4 is 10.0 Å². The number of hydrogen-bond donors (Lipinski definition) is 2. The molecule has 0 aliphatic carbocycles. The first-order valence-corrected chi connectivity index (χ1v) is 11.0. The largest absolute Gasteiger partial charge is 0.507 e. The number of phenolic OH excluding ortho intramolecular Hbond substituents is 1. The zero-order valence-electron chi connectivity index (χ0n) is 17.1. The smallest absolute Gasteiger partial charge is 0.434 e. The van der Waals surface area contributed by atoms with E-state index in [4.69, 9.17) is 9.68 Å². The number of nitrogens with one attached hydrogen (secondary N) is 1. The Labute approximate surface area is 179 Å². The molecule has 0 saturated heterocycles. The van der Waals surface area contributed by atoms with Crippen LogP contribution in [0.25, 0.3) is 0 Å². The van der Waals surface area contributed by atoms with Crippen molar-refractivity contribution < 1.29 is 17.9 Å². The van der Waals surface area contributed by atoms with E-state index in [2.05, 4.69) is 24.0 Å². The van der Waals surface area contributed by atoms with Gasteiger partial charge in [-0.15, -0.1) is 5.10 Å². The fraction of sp³-hybridized carbons (Fsp3) is 0.286. The molecule has 1 aromatic heterocycles. The summed E-state index contributed by atoms with van der Waals surface area (Å²) in [6.45, 7) is 3.89. The van der Waals surface area contributed by atoms with Crippen molar-refractivity contribution in [3.63, 3.8) is 0 Å². The molecule has 31 heavy (non-hydrogen) atoms. The average molecular weight is 442 g/mol. The Kier molecular flexibility index (Phi) is 6.58. The minimum atomic E-state index is -4.23. The third-order valence-electron chi connectivity index (χ3n) is 4.80. The predicted octanol–water partition coefficient (Wildman–Crippen LogP) is 2.50. The maximum Gasteiger partial charge on any atom is 0.434 e. The second-order valence-corrected chi connectivity index (χ2v) is 9.19. The van der Waals surface area contributed by atoms with E-state index >= 15 is 0 Å². The standard InChI is InChI=1S/C21H22N4O5S/c1-14(2)17-6-3-15(4-7-17)9-10-25(13-20-23-24-21(27)30-20)31(28,29)19-11-16(12-22)5-8-18(19)26/h3-8,11,14,26H,9-10,13H2,1-2H3,(H,24,27). The lowest BCUT2D eigenvalue weighted by atomic mass is 10.0. The Hall–Kier alpha value is -3.42. The number of hydrogen-bond acceptors (Lipinski definition) is 7. The first-order chi connectivity index (χ1) is 14.7. The molecule has 3 rings (SSSR count). The van der Waals surface area contributed by atoms with E-state index in [-0.39, 0.29) is 24.5 Å². The van der Waals surface area contributed by atoms with Gasteiger partial charge in [-0.05, 0) is 41.7 Å². The number of rotatable bonds is 8. The van der Waals surface area contributed by atoms with E-state index in [0.717, 1.165) is 22.0 Å². The van der Waals surface area contributed by atoms with Crippen molar-refractivity contribution in [3.05, 3.63) is 75.6 Å². The van der Waals surface area contributed by atoms with Gasteiger partial charge in [-0.3, -0.25) is 0 Å².